The number of oxime groups is 1. The zero-order valence-electron chi connectivity index (χ0n) is 14.2. The molecule has 0 spiro atoms. The molecule has 2 rings (SSSR count). The molecule has 0 bridgehead atoms. The van der Waals surface area contributed by atoms with E-state index in [1.54, 1.807) is 20.0 Å². The summed E-state index contributed by atoms with van der Waals surface area (Å²) in [6.45, 7) is 5.61. The molecular weight excluding hydrogens is 328 g/mol. The molecule has 1 aromatic heterocycles. The van der Waals surface area contributed by atoms with E-state index in [1.807, 2.05) is 6.92 Å². The van der Waals surface area contributed by atoms with Crippen LogP contribution in [0.15, 0.2) is 11.4 Å². The maximum absolute atomic E-state index is 11.9. The largest absolute Gasteiger partial charge is 0.490 e. The number of aryl methyl sites for hydroxylation is 2. The highest BCUT2D eigenvalue weighted by Crippen LogP contribution is 2.40. The Kier molecular flexibility index (Phi) is 6.00. The molecule has 25 heavy (non-hydrogen) atoms. The number of carbonyl (C=O) groups excluding carboxylic acids is 2. The van der Waals surface area contributed by atoms with Crippen LogP contribution in [0.3, 0.4) is 0 Å². The van der Waals surface area contributed by atoms with Gasteiger partial charge in [-0.2, -0.15) is 5.26 Å². The fourth-order valence-corrected chi connectivity index (χ4v) is 2.09. The van der Waals surface area contributed by atoms with E-state index in [-0.39, 0.29) is 18.4 Å². The van der Waals surface area contributed by atoms with Gasteiger partial charge in [0.2, 0.25) is 0 Å². The first-order chi connectivity index (χ1) is 12.0. The van der Waals surface area contributed by atoms with E-state index < -0.39 is 17.7 Å². The standard InChI is InChI=1S/C16H18N4O5/c1-4-23-16(22)13(6-17)20-25-15(21)12-5-11(12)8-24-14-7-18-10(3)19-9(14)2/h7,11-12H,4-5,8H2,1-3H3/b20-13+/t11?,12-/m1/s1. The number of hydrogen-bond acceptors (Lipinski definition) is 9. The Morgan fingerprint density at radius 1 is 1.44 bits per heavy atom. The second-order valence-corrected chi connectivity index (χ2v) is 5.46. The number of ether oxygens (including phenoxy) is 2. The molecule has 0 aliphatic heterocycles. The Bertz CT molecular complexity index is 741. The Morgan fingerprint density at radius 3 is 2.84 bits per heavy atom. The first kappa shape index (κ1) is 18.3. The van der Waals surface area contributed by atoms with E-state index in [9.17, 15) is 9.59 Å². The monoisotopic (exact) mass is 346 g/mol. The van der Waals surface area contributed by atoms with Crippen LogP contribution in [0, 0.1) is 37.0 Å². The number of hydrogen-bond donors (Lipinski definition) is 0. The fourth-order valence-electron chi connectivity index (χ4n) is 2.09. The molecule has 0 radical (unpaired) electrons. The maximum atomic E-state index is 11.9. The van der Waals surface area contributed by atoms with Gasteiger partial charge in [-0.1, -0.05) is 5.16 Å². The molecule has 1 unspecified atom stereocenters. The maximum Gasteiger partial charge on any atom is 0.371 e. The lowest BCUT2D eigenvalue weighted by molar-refractivity contribution is -0.145. The summed E-state index contributed by atoms with van der Waals surface area (Å²) in [5, 5.41) is 12.1. The van der Waals surface area contributed by atoms with Crippen LogP contribution in [0.1, 0.15) is 24.9 Å². The van der Waals surface area contributed by atoms with E-state index in [4.69, 9.17) is 10.00 Å². The lowest BCUT2D eigenvalue weighted by atomic mass is 10.3. The minimum Gasteiger partial charge on any atom is -0.490 e. The average Bonchev–Trinajstić information content (AvgIpc) is 3.34. The predicted octanol–water partition coefficient (Wildman–Crippen LogP) is 1.09. The Labute approximate surface area is 144 Å². The fraction of sp³-hybridized carbons (Fsp3) is 0.500. The molecule has 0 saturated heterocycles. The van der Waals surface area contributed by atoms with Crippen molar-refractivity contribution in [2.75, 3.05) is 13.2 Å². The van der Waals surface area contributed by atoms with Gasteiger partial charge in [-0.3, -0.25) is 0 Å². The van der Waals surface area contributed by atoms with E-state index >= 15 is 0 Å². The van der Waals surface area contributed by atoms with Gasteiger partial charge in [0.15, 0.2) is 5.75 Å². The number of nitriles is 1. The number of aromatic nitrogens is 2. The van der Waals surface area contributed by atoms with Gasteiger partial charge in [0, 0.05) is 5.92 Å². The highest BCUT2D eigenvalue weighted by Gasteiger charge is 2.45. The van der Waals surface area contributed by atoms with Crippen LogP contribution in [0.25, 0.3) is 0 Å². The molecule has 0 N–H and O–H groups in total. The molecule has 1 aromatic rings. The summed E-state index contributed by atoms with van der Waals surface area (Å²) >= 11 is 0. The molecule has 9 heteroatoms. The van der Waals surface area contributed by atoms with Crippen LogP contribution in [0.4, 0.5) is 0 Å². The molecule has 1 aliphatic carbocycles. The van der Waals surface area contributed by atoms with Crippen molar-refractivity contribution in [1.82, 2.24) is 9.97 Å². The number of nitrogens with zero attached hydrogens (tertiary/aromatic N) is 4. The third-order valence-corrected chi connectivity index (χ3v) is 3.53. The summed E-state index contributed by atoms with van der Waals surface area (Å²) in [7, 11) is 0. The first-order valence-corrected chi connectivity index (χ1v) is 7.75. The van der Waals surface area contributed by atoms with Gasteiger partial charge in [0.05, 0.1) is 31.0 Å². The van der Waals surface area contributed by atoms with Crippen LogP contribution in [-0.4, -0.2) is 40.8 Å². The summed E-state index contributed by atoms with van der Waals surface area (Å²) in [5.74, 6) is -0.706. The highest BCUT2D eigenvalue weighted by molar-refractivity contribution is 6.42. The van der Waals surface area contributed by atoms with Crippen LogP contribution in [0.5, 0.6) is 5.75 Å². The van der Waals surface area contributed by atoms with Crippen molar-refractivity contribution >= 4 is 17.7 Å². The molecule has 1 fully saturated rings. The van der Waals surface area contributed by atoms with E-state index in [0.717, 1.165) is 5.69 Å². The lowest BCUT2D eigenvalue weighted by Crippen LogP contribution is -2.17. The van der Waals surface area contributed by atoms with Gasteiger partial charge in [-0.05, 0) is 27.2 Å². The third kappa shape index (κ3) is 4.97. The number of rotatable bonds is 7. The molecule has 132 valence electrons. The van der Waals surface area contributed by atoms with Crippen molar-refractivity contribution < 1.29 is 23.9 Å². The lowest BCUT2D eigenvalue weighted by Gasteiger charge is -2.07. The van der Waals surface area contributed by atoms with Crippen LogP contribution < -0.4 is 4.74 Å². The topological polar surface area (TPSA) is 124 Å². The van der Waals surface area contributed by atoms with Crippen molar-refractivity contribution in [3.8, 4) is 11.8 Å². The van der Waals surface area contributed by atoms with E-state index in [1.165, 1.54) is 6.07 Å². The van der Waals surface area contributed by atoms with Gasteiger partial charge in [0.1, 0.15) is 11.9 Å². The van der Waals surface area contributed by atoms with Gasteiger partial charge >= 0.3 is 11.9 Å². The second kappa shape index (κ2) is 8.19. The predicted molar refractivity (Wildman–Crippen MR) is 84.4 cm³/mol. The average molecular weight is 346 g/mol. The van der Waals surface area contributed by atoms with E-state index in [2.05, 4.69) is 24.7 Å². The van der Waals surface area contributed by atoms with Crippen LogP contribution in [0.2, 0.25) is 0 Å². The Morgan fingerprint density at radius 2 is 2.20 bits per heavy atom. The van der Waals surface area contributed by atoms with E-state index in [0.29, 0.717) is 24.6 Å². The van der Waals surface area contributed by atoms with Crippen LogP contribution >= 0.6 is 0 Å². The normalized spacial score (nSPS) is 18.9. The zero-order valence-corrected chi connectivity index (χ0v) is 14.2. The van der Waals surface area contributed by atoms with Crippen molar-refractivity contribution in [2.45, 2.75) is 27.2 Å². The second-order valence-electron chi connectivity index (χ2n) is 5.46. The third-order valence-electron chi connectivity index (χ3n) is 3.53. The molecule has 0 aromatic carbocycles. The number of esters is 1. The molecule has 9 nitrogen and oxygen atoms in total. The van der Waals surface area contributed by atoms with Crippen molar-refractivity contribution in [3.63, 3.8) is 0 Å². The SMILES string of the molecule is CCOC(=O)/C(C#N)=N/OC(=O)[C@@H]1CC1COc1cnc(C)nc1C. The molecule has 0 amide bonds. The highest BCUT2D eigenvalue weighted by atomic mass is 16.7. The van der Waals surface area contributed by atoms with Gasteiger partial charge < -0.3 is 14.3 Å². The summed E-state index contributed by atoms with van der Waals surface area (Å²) in [5.41, 5.74) is 0.126. The summed E-state index contributed by atoms with van der Waals surface area (Å²) in [4.78, 5) is 36.1. The Balaban J connectivity index is 1.81. The molecule has 2 atom stereocenters. The van der Waals surface area contributed by atoms with Crippen LogP contribution in [-0.2, 0) is 19.2 Å². The molecule has 1 heterocycles. The quantitative estimate of drug-likeness (QED) is 0.311. The zero-order chi connectivity index (χ0) is 18.4. The van der Waals surface area contributed by atoms with Gasteiger partial charge in [0.25, 0.3) is 5.71 Å². The molecule has 1 aliphatic rings. The summed E-state index contributed by atoms with van der Waals surface area (Å²) in [6.07, 6.45) is 2.18. The van der Waals surface area contributed by atoms with Crippen molar-refractivity contribution in [3.05, 3.63) is 17.7 Å². The summed E-state index contributed by atoms with van der Waals surface area (Å²) < 4.78 is 10.2. The smallest absolute Gasteiger partial charge is 0.371 e. The first-order valence-electron chi connectivity index (χ1n) is 7.75. The minimum absolute atomic E-state index is 0.0171. The van der Waals surface area contributed by atoms with Crippen molar-refractivity contribution in [2.24, 2.45) is 17.0 Å². The number of carbonyl (C=O) groups is 2. The van der Waals surface area contributed by atoms with Gasteiger partial charge in [-0.25, -0.2) is 19.6 Å². The Hall–Kier alpha value is -3.02. The molecule has 1 saturated carbocycles. The minimum atomic E-state index is -0.927. The summed E-state index contributed by atoms with van der Waals surface area (Å²) in [6, 6.07) is 1.53. The molecular formula is C16H18N4O5. The van der Waals surface area contributed by atoms with Gasteiger partial charge in [-0.15, -0.1) is 0 Å². The van der Waals surface area contributed by atoms with Crippen molar-refractivity contribution in [1.29, 1.82) is 5.26 Å².